The third kappa shape index (κ3) is 4.11. The molecule has 0 bridgehead atoms. The van der Waals surface area contributed by atoms with E-state index in [-0.39, 0.29) is 12.0 Å². The predicted octanol–water partition coefficient (Wildman–Crippen LogP) is 5.76. The molecule has 1 saturated carbocycles. The van der Waals surface area contributed by atoms with Crippen molar-refractivity contribution in [3.8, 4) is 5.75 Å². The molecule has 1 aromatic heterocycles. The van der Waals surface area contributed by atoms with Crippen molar-refractivity contribution in [3.63, 3.8) is 0 Å². The maximum Gasteiger partial charge on any atom is 0.159 e. The highest BCUT2D eigenvalue weighted by molar-refractivity contribution is 7.16. The first-order valence-corrected chi connectivity index (χ1v) is 10.4. The molecule has 154 valence electrons. The van der Waals surface area contributed by atoms with Gasteiger partial charge in [0.2, 0.25) is 0 Å². The number of hydrogen-bond donors (Lipinski definition) is 2. The van der Waals surface area contributed by atoms with Crippen molar-refractivity contribution >= 4 is 28.4 Å². The number of thiophene rings is 1. The van der Waals surface area contributed by atoms with Gasteiger partial charge in [-0.15, -0.1) is 11.3 Å². The van der Waals surface area contributed by atoms with Crippen molar-refractivity contribution in [1.29, 1.82) is 5.41 Å². The maximum atomic E-state index is 13.6. The van der Waals surface area contributed by atoms with Gasteiger partial charge in [-0.2, -0.15) is 0 Å². The number of aryl methyl sites for hydroxylation is 1. The molecule has 0 aliphatic heterocycles. The normalized spacial score (nSPS) is 18.2. The SMILES string of the molecule is COc1ccccc1C(=NC1C[C@H]1c1ccc(F)c(F)c1)Nc1sc(C)cc1C=N. The van der Waals surface area contributed by atoms with Crippen LogP contribution >= 0.6 is 11.3 Å². The summed E-state index contributed by atoms with van der Waals surface area (Å²) < 4.78 is 32.4. The summed E-state index contributed by atoms with van der Waals surface area (Å²) in [6, 6.07) is 13.5. The second-order valence-electron chi connectivity index (χ2n) is 7.17. The third-order valence-corrected chi connectivity index (χ3v) is 6.04. The Bertz CT molecular complexity index is 1130. The van der Waals surface area contributed by atoms with Crippen LogP contribution in [0.2, 0.25) is 0 Å². The number of benzene rings is 2. The van der Waals surface area contributed by atoms with Gasteiger partial charge in [0.1, 0.15) is 16.6 Å². The molecule has 2 N–H and O–H groups in total. The van der Waals surface area contributed by atoms with Crippen LogP contribution in [0.5, 0.6) is 5.75 Å². The standard InChI is InChI=1S/C23H21F2N3OS/c1-13-9-15(12-26)23(30-13)28-22(16-5-3-4-6-21(16)29-2)27-20-11-17(20)14-7-8-18(24)19(25)10-14/h3-10,12,17,20,26H,11H2,1-2H3,(H,27,28)/t17-,20?/m0/s1. The molecule has 0 amide bonds. The van der Waals surface area contributed by atoms with Gasteiger partial charge in [0.15, 0.2) is 11.6 Å². The van der Waals surface area contributed by atoms with Crippen LogP contribution in [0.1, 0.15) is 33.9 Å². The Balaban J connectivity index is 1.68. The first kappa shape index (κ1) is 20.2. The Hall–Kier alpha value is -3.06. The topological polar surface area (TPSA) is 57.5 Å². The highest BCUT2D eigenvalue weighted by Crippen LogP contribution is 2.44. The van der Waals surface area contributed by atoms with E-state index in [1.165, 1.54) is 12.3 Å². The van der Waals surface area contributed by atoms with Crippen LogP contribution in [-0.4, -0.2) is 25.2 Å². The van der Waals surface area contributed by atoms with Crippen LogP contribution in [0.15, 0.2) is 53.5 Å². The lowest BCUT2D eigenvalue weighted by atomic mass is 10.1. The summed E-state index contributed by atoms with van der Waals surface area (Å²) in [6.45, 7) is 1.99. The number of aliphatic imine (C=N–C) groups is 1. The van der Waals surface area contributed by atoms with E-state index in [0.29, 0.717) is 11.6 Å². The monoisotopic (exact) mass is 425 g/mol. The van der Waals surface area contributed by atoms with Gasteiger partial charge in [-0.3, -0.25) is 4.99 Å². The molecule has 7 heteroatoms. The van der Waals surface area contributed by atoms with Gasteiger partial charge in [-0.1, -0.05) is 18.2 Å². The average Bonchev–Trinajstić information content (AvgIpc) is 3.42. The van der Waals surface area contributed by atoms with Gasteiger partial charge in [0.05, 0.1) is 18.7 Å². The number of amidine groups is 1. The molecular formula is C23H21F2N3OS. The zero-order valence-corrected chi connectivity index (χ0v) is 17.4. The van der Waals surface area contributed by atoms with Crippen molar-refractivity contribution in [2.24, 2.45) is 4.99 Å². The molecule has 1 aliphatic rings. The number of hydrogen-bond acceptors (Lipinski definition) is 4. The fraction of sp³-hybridized carbons (Fsp3) is 0.217. The number of anilines is 1. The minimum Gasteiger partial charge on any atom is -0.496 e. The number of nitrogens with one attached hydrogen (secondary N) is 2. The fourth-order valence-electron chi connectivity index (χ4n) is 3.45. The van der Waals surface area contributed by atoms with Crippen molar-refractivity contribution in [2.75, 3.05) is 12.4 Å². The molecule has 4 rings (SSSR count). The highest BCUT2D eigenvalue weighted by atomic mass is 32.1. The van der Waals surface area contributed by atoms with Gasteiger partial charge >= 0.3 is 0 Å². The molecular weight excluding hydrogens is 404 g/mol. The van der Waals surface area contributed by atoms with Gasteiger partial charge in [-0.05, 0) is 49.2 Å². The van der Waals surface area contributed by atoms with E-state index in [2.05, 4.69) is 5.32 Å². The quantitative estimate of drug-likeness (QED) is 0.390. The van der Waals surface area contributed by atoms with Crippen LogP contribution in [0.25, 0.3) is 0 Å². The summed E-state index contributed by atoms with van der Waals surface area (Å²) in [7, 11) is 1.61. The lowest BCUT2D eigenvalue weighted by Crippen LogP contribution is -2.16. The van der Waals surface area contributed by atoms with Crippen molar-refractivity contribution in [1.82, 2.24) is 0 Å². The Kier molecular flexibility index (Phi) is 5.63. The van der Waals surface area contributed by atoms with Crippen LogP contribution < -0.4 is 10.1 Å². The smallest absolute Gasteiger partial charge is 0.159 e. The van der Waals surface area contributed by atoms with Crippen LogP contribution in [-0.2, 0) is 0 Å². The Morgan fingerprint density at radius 2 is 2.00 bits per heavy atom. The maximum absolute atomic E-state index is 13.6. The minimum absolute atomic E-state index is 0.0406. The average molecular weight is 426 g/mol. The first-order valence-electron chi connectivity index (χ1n) is 9.54. The molecule has 0 spiro atoms. The molecule has 0 radical (unpaired) electrons. The summed E-state index contributed by atoms with van der Waals surface area (Å²) in [4.78, 5) is 5.98. The van der Waals surface area contributed by atoms with E-state index >= 15 is 0 Å². The first-order chi connectivity index (χ1) is 14.5. The van der Waals surface area contributed by atoms with E-state index in [9.17, 15) is 8.78 Å². The Labute approximate surface area is 177 Å². The lowest BCUT2D eigenvalue weighted by molar-refractivity contribution is 0.414. The van der Waals surface area contributed by atoms with Crippen molar-refractivity contribution in [2.45, 2.75) is 25.3 Å². The van der Waals surface area contributed by atoms with Gasteiger partial charge < -0.3 is 15.5 Å². The zero-order valence-electron chi connectivity index (χ0n) is 16.6. The lowest BCUT2D eigenvalue weighted by Gasteiger charge is -2.13. The molecule has 2 atom stereocenters. The van der Waals surface area contributed by atoms with Crippen molar-refractivity contribution in [3.05, 3.63) is 81.7 Å². The number of rotatable bonds is 6. The molecule has 4 nitrogen and oxygen atoms in total. The summed E-state index contributed by atoms with van der Waals surface area (Å²) in [5, 5.41) is 11.9. The van der Waals surface area contributed by atoms with E-state index < -0.39 is 11.6 Å². The molecule has 1 aliphatic carbocycles. The Morgan fingerprint density at radius 3 is 2.73 bits per heavy atom. The number of halogens is 2. The second kappa shape index (κ2) is 8.36. The molecule has 0 saturated heterocycles. The molecule has 3 aromatic rings. The molecule has 1 heterocycles. The minimum atomic E-state index is -0.844. The highest BCUT2D eigenvalue weighted by Gasteiger charge is 2.39. The number of methoxy groups -OCH3 is 1. The molecule has 30 heavy (non-hydrogen) atoms. The van der Waals surface area contributed by atoms with Crippen LogP contribution in [0, 0.1) is 24.0 Å². The molecule has 1 fully saturated rings. The van der Waals surface area contributed by atoms with E-state index in [1.54, 1.807) is 24.5 Å². The Morgan fingerprint density at radius 1 is 1.20 bits per heavy atom. The summed E-state index contributed by atoms with van der Waals surface area (Å²) in [5.74, 6) is -0.331. The predicted molar refractivity (Wildman–Crippen MR) is 118 cm³/mol. The van der Waals surface area contributed by atoms with Crippen LogP contribution in [0.4, 0.5) is 13.8 Å². The summed E-state index contributed by atoms with van der Waals surface area (Å²) in [5.41, 5.74) is 2.33. The van der Waals surface area contributed by atoms with Gasteiger partial charge in [-0.25, -0.2) is 8.78 Å². The molecule has 2 aromatic carbocycles. The second-order valence-corrected chi connectivity index (χ2v) is 8.43. The largest absolute Gasteiger partial charge is 0.496 e. The number of ether oxygens (including phenoxy) is 1. The summed E-state index contributed by atoms with van der Waals surface area (Å²) in [6.07, 6.45) is 2.07. The van der Waals surface area contributed by atoms with Gasteiger partial charge in [0.25, 0.3) is 0 Å². The molecule has 1 unspecified atom stereocenters. The summed E-state index contributed by atoms with van der Waals surface area (Å²) >= 11 is 1.55. The number of nitrogens with zero attached hydrogens (tertiary/aromatic N) is 1. The van der Waals surface area contributed by atoms with Crippen molar-refractivity contribution < 1.29 is 13.5 Å². The zero-order chi connectivity index (χ0) is 21.3. The van der Waals surface area contributed by atoms with E-state index in [4.69, 9.17) is 15.1 Å². The van der Waals surface area contributed by atoms with E-state index in [0.717, 1.165) is 39.1 Å². The van der Waals surface area contributed by atoms with E-state index in [1.807, 2.05) is 37.3 Å². The van der Waals surface area contributed by atoms with Crippen LogP contribution in [0.3, 0.4) is 0 Å². The fourth-order valence-corrected chi connectivity index (χ4v) is 4.34. The van der Waals surface area contributed by atoms with Gasteiger partial charge in [0, 0.05) is 22.6 Å². The third-order valence-electron chi connectivity index (χ3n) is 5.06. The number of para-hydroxylation sites is 1.